The maximum absolute atomic E-state index is 12.1. The van der Waals surface area contributed by atoms with Crippen molar-refractivity contribution in [2.24, 2.45) is 5.92 Å². The number of ether oxygens (including phenoxy) is 1. The zero-order valence-corrected chi connectivity index (χ0v) is 19.1. The quantitative estimate of drug-likeness (QED) is 0.594. The van der Waals surface area contributed by atoms with Crippen molar-refractivity contribution in [1.82, 2.24) is 15.0 Å². The first-order chi connectivity index (χ1) is 15.9. The molecule has 1 aliphatic heterocycles. The highest BCUT2D eigenvalue weighted by atomic mass is 16.5. The van der Waals surface area contributed by atoms with Crippen molar-refractivity contribution in [2.75, 3.05) is 17.2 Å². The van der Waals surface area contributed by atoms with E-state index in [1.54, 1.807) is 18.6 Å². The Labute approximate surface area is 193 Å². The average Bonchev–Trinajstić information content (AvgIpc) is 3.59. The van der Waals surface area contributed by atoms with Gasteiger partial charge in [0.05, 0.1) is 29.1 Å². The molecule has 1 amide bonds. The van der Waals surface area contributed by atoms with Crippen LogP contribution in [0.5, 0.6) is 0 Å². The zero-order valence-electron chi connectivity index (χ0n) is 19.1. The van der Waals surface area contributed by atoms with Crippen LogP contribution in [-0.4, -0.2) is 39.1 Å². The number of anilines is 2. The Hall–Kier alpha value is -3.50. The van der Waals surface area contributed by atoms with Crippen LogP contribution in [0.25, 0.3) is 10.8 Å². The van der Waals surface area contributed by atoms with Crippen LogP contribution >= 0.6 is 0 Å². The van der Waals surface area contributed by atoms with Crippen LogP contribution in [0.1, 0.15) is 50.1 Å². The SMILES string of the molecule is Cc1ncc(C#Cc2ccc(N[C@@H]3CCOC3(C)C)cn2)c2cc(NC(=O)C3CC3)ncc12. The second kappa shape index (κ2) is 8.45. The predicted molar refractivity (Wildman–Crippen MR) is 128 cm³/mol. The molecule has 4 heterocycles. The third-order valence-electron chi connectivity index (χ3n) is 6.32. The third kappa shape index (κ3) is 4.67. The summed E-state index contributed by atoms with van der Waals surface area (Å²) in [5, 5.41) is 8.25. The number of fused-ring (bicyclic) bond motifs is 1. The van der Waals surface area contributed by atoms with E-state index < -0.39 is 0 Å². The lowest BCUT2D eigenvalue weighted by Crippen LogP contribution is -2.37. The maximum atomic E-state index is 12.1. The Morgan fingerprint density at radius 2 is 1.91 bits per heavy atom. The molecule has 0 spiro atoms. The van der Waals surface area contributed by atoms with Crippen molar-refractivity contribution in [3.63, 3.8) is 0 Å². The molecule has 2 fully saturated rings. The fraction of sp³-hybridized carbons (Fsp3) is 0.385. The fourth-order valence-corrected chi connectivity index (χ4v) is 4.03. The molecule has 0 radical (unpaired) electrons. The number of nitrogens with one attached hydrogen (secondary N) is 2. The number of carbonyl (C=O) groups excluding carboxylic acids is 1. The molecular formula is C26H27N5O2. The van der Waals surface area contributed by atoms with Crippen molar-refractivity contribution in [3.8, 4) is 11.8 Å². The fourth-order valence-electron chi connectivity index (χ4n) is 4.03. The molecule has 2 N–H and O–H groups in total. The summed E-state index contributed by atoms with van der Waals surface area (Å²) in [6.07, 6.45) is 8.19. The van der Waals surface area contributed by atoms with Gasteiger partial charge in [-0.1, -0.05) is 5.92 Å². The van der Waals surface area contributed by atoms with Gasteiger partial charge in [0.2, 0.25) is 5.91 Å². The summed E-state index contributed by atoms with van der Waals surface area (Å²) in [5.74, 6) is 7.03. The normalized spacial score (nSPS) is 19.1. The Bertz CT molecular complexity index is 1270. The van der Waals surface area contributed by atoms with Gasteiger partial charge in [-0.05, 0) is 64.2 Å². The van der Waals surface area contributed by atoms with Gasteiger partial charge in [-0.3, -0.25) is 9.78 Å². The van der Waals surface area contributed by atoms with Gasteiger partial charge in [0.25, 0.3) is 0 Å². The van der Waals surface area contributed by atoms with Crippen LogP contribution < -0.4 is 10.6 Å². The molecule has 1 aliphatic carbocycles. The van der Waals surface area contributed by atoms with E-state index >= 15 is 0 Å². The van der Waals surface area contributed by atoms with Gasteiger partial charge >= 0.3 is 0 Å². The molecule has 1 saturated heterocycles. The molecule has 0 unspecified atom stereocenters. The predicted octanol–water partition coefficient (Wildman–Crippen LogP) is 4.06. The van der Waals surface area contributed by atoms with Crippen LogP contribution in [-0.2, 0) is 9.53 Å². The summed E-state index contributed by atoms with van der Waals surface area (Å²) < 4.78 is 5.79. The topological polar surface area (TPSA) is 89.0 Å². The van der Waals surface area contributed by atoms with E-state index in [0.717, 1.165) is 53.6 Å². The first kappa shape index (κ1) is 21.4. The lowest BCUT2D eigenvalue weighted by Gasteiger charge is -2.27. The molecule has 0 aromatic carbocycles. The van der Waals surface area contributed by atoms with E-state index in [9.17, 15) is 4.79 Å². The molecule has 0 bridgehead atoms. The first-order valence-corrected chi connectivity index (χ1v) is 11.3. The third-order valence-corrected chi connectivity index (χ3v) is 6.32. The molecule has 5 rings (SSSR count). The molecule has 168 valence electrons. The number of amides is 1. The highest BCUT2D eigenvalue weighted by molar-refractivity contribution is 5.96. The monoisotopic (exact) mass is 441 g/mol. The number of pyridine rings is 3. The standard InChI is InChI=1S/C26H27N5O2/c1-16-22-15-29-24(31-25(32)17-4-5-17)12-21(22)18(13-27-16)6-7-19-8-9-20(14-28-19)30-23-10-11-33-26(23,2)3/h8-9,12-15,17,23,30H,4-5,10-11H2,1-3H3,(H,29,31,32)/t23-/m1/s1. The molecule has 3 aromatic heterocycles. The summed E-state index contributed by atoms with van der Waals surface area (Å²) in [6.45, 7) is 6.90. The van der Waals surface area contributed by atoms with Gasteiger partial charge < -0.3 is 15.4 Å². The summed E-state index contributed by atoms with van der Waals surface area (Å²) in [4.78, 5) is 25.5. The molecule has 3 aromatic rings. The zero-order chi connectivity index (χ0) is 23.0. The van der Waals surface area contributed by atoms with Crippen molar-refractivity contribution >= 4 is 28.2 Å². The number of rotatable bonds is 4. The van der Waals surface area contributed by atoms with Crippen molar-refractivity contribution in [3.05, 3.63) is 53.7 Å². The van der Waals surface area contributed by atoms with Crippen LogP contribution in [0.2, 0.25) is 0 Å². The number of nitrogens with zero attached hydrogens (tertiary/aromatic N) is 3. The number of hydrogen-bond acceptors (Lipinski definition) is 6. The first-order valence-electron chi connectivity index (χ1n) is 11.3. The molecule has 7 heteroatoms. The van der Waals surface area contributed by atoms with Gasteiger partial charge in [-0.25, -0.2) is 9.97 Å². The van der Waals surface area contributed by atoms with Crippen LogP contribution in [0.4, 0.5) is 11.5 Å². The number of hydrogen-bond donors (Lipinski definition) is 2. The Morgan fingerprint density at radius 3 is 2.61 bits per heavy atom. The Morgan fingerprint density at radius 1 is 1.06 bits per heavy atom. The number of aryl methyl sites for hydroxylation is 1. The molecular weight excluding hydrogens is 414 g/mol. The summed E-state index contributed by atoms with van der Waals surface area (Å²) in [5.41, 5.74) is 3.08. The minimum atomic E-state index is -0.191. The van der Waals surface area contributed by atoms with Crippen LogP contribution in [0.15, 0.2) is 36.8 Å². The van der Waals surface area contributed by atoms with E-state index in [1.165, 1.54) is 0 Å². The second-order valence-electron chi connectivity index (χ2n) is 9.26. The summed E-state index contributed by atoms with van der Waals surface area (Å²) in [6, 6.07) is 6.03. The van der Waals surface area contributed by atoms with Gasteiger partial charge in [0.15, 0.2) is 0 Å². The smallest absolute Gasteiger partial charge is 0.228 e. The number of carbonyl (C=O) groups is 1. The van der Waals surface area contributed by atoms with Gasteiger partial charge in [-0.15, -0.1) is 0 Å². The van der Waals surface area contributed by atoms with Crippen LogP contribution in [0.3, 0.4) is 0 Å². The van der Waals surface area contributed by atoms with E-state index in [4.69, 9.17) is 4.74 Å². The Balaban J connectivity index is 1.37. The molecule has 2 aliphatic rings. The highest BCUT2D eigenvalue weighted by Gasteiger charge is 2.35. The molecule has 33 heavy (non-hydrogen) atoms. The molecule has 1 saturated carbocycles. The minimum absolute atomic E-state index is 0.0331. The maximum Gasteiger partial charge on any atom is 0.228 e. The Kier molecular flexibility index (Phi) is 5.47. The largest absolute Gasteiger partial charge is 0.378 e. The van der Waals surface area contributed by atoms with Crippen molar-refractivity contribution < 1.29 is 9.53 Å². The lowest BCUT2D eigenvalue weighted by molar-refractivity contribution is -0.117. The van der Waals surface area contributed by atoms with Crippen molar-refractivity contribution in [1.29, 1.82) is 0 Å². The number of aromatic nitrogens is 3. The highest BCUT2D eigenvalue weighted by Crippen LogP contribution is 2.31. The van der Waals surface area contributed by atoms with E-state index in [1.807, 2.05) is 25.1 Å². The molecule has 1 atom stereocenters. The van der Waals surface area contributed by atoms with E-state index in [-0.39, 0.29) is 23.5 Å². The van der Waals surface area contributed by atoms with Gasteiger partial charge in [-0.2, -0.15) is 0 Å². The molecule has 7 nitrogen and oxygen atoms in total. The van der Waals surface area contributed by atoms with Crippen LogP contribution in [0, 0.1) is 24.7 Å². The summed E-state index contributed by atoms with van der Waals surface area (Å²) >= 11 is 0. The summed E-state index contributed by atoms with van der Waals surface area (Å²) in [7, 11) is 0. The second-order valence-corrected chi connectivity index (χ2v) is 9.26. The van der Waals surface area contributed by atoms with E-state index in [0.29, 0.717) is 11.5 Å². The van der Waals surface area contributed by atoms with Gasteiger partial charge in [0.1, 0.15) is 11.5 Å². The van der Waals surface area contributed by atoms with E-state index in [2.05, 4.69) is 51.3 Å². The lowest BCUT2D eigenvalue weighted by atomic mass is 9.99. The minimum Gasteiger partial charge on any atom is -0.378 e. The average molecular weight is 442 g/mol. The van der Waals surface area contributed by atoms with Gasteiger partial charge in [0, 0.05) is 41.4 Å². The van der Waals surface area contributed by atoms with Crippen molar-refractivity contribution in [2.45, 2.75) is 51.7 Å².